The third kappa shape index (κ3) is 2.90. The summed E-state index contributed by atoms with van der Waals surface area (Å²) >= 11 is 13.8. The third-order valence-corrected chi connectivity index (χ3v) is 4.05. The fourth-order valence-corrected chi connectivity index (χ4v) is 3.39. The quantitative estimate of drug-likeness (QED) is 0.648. The number of amides is 1. The van der Waals surface area contributed by atoms with Crippen LogP contribution in [0.25, 0.3) is 0 Å². The summed E-state index contributed by atoms with van der Waals surface area (Å²) in [6, 6.07) is 3.08. The van der Waals surface area contributed by atoms with E-state index in [9.17, 15) is 9.59 Å². The molecule has 1 aliphatic rings. The summed E-state index contributed by atoms with van der Waals surface area (Å²) in [5, 5.41) is 0.321. The fraction of sp³-hybridized carbons (Fsp3) is 0.333. The van der Waals surface area contributed by atoms with Gasteiger partial charge in [-0.3, -0.25) is 4.79 Å². The standard InChI is InChI=1S/C12H11BrClNO3S/c1-18-12(17)6-2-8(13)11(9(14)3-6)15-5-7(19)4-10(15)16/h2-3,7,19H,4-5H2,1H3. The predicted octanol–water partition coefficient (Wildman–Crippen LogP) is 2.92. The number of nitrogens with zero attached hydrogens (tertiary/aromatic N) is 1. The number of hydrogen-bond donors (Lipinski definition) is 1. The maximum Gasteiger partial charge on any atom is 0.337 e. The van der Waals surface area contributed by atoms with E-state index in [1.807, 2.05) is 0 Å². The summed E-state index contributed by atoms with van der Waals surface area (Å²) in [4.78, 5) is 24.9. The number of methoxy groups -OCH3 is 1. The molecule has 1 aliphatic heterocycles. The van der Waals surface area contributed by atoms with Gasteiger partial charge >= 0.3 is 5.97 Å². The van der Waals surface area contributed by atoms with Crippen molar-refractivity contribution in [3.05, 3.63) is 27.2 Å². The number of esters is 1. The van der Waals surface area contributed by atoms with Crippen molar-refractivity contribution in [3.63, 3.8) is 0 Å². The molecule has 102 valence electrons. The van der Waals surface area contributed by atoms with Gasteiger partial charge in [-0.25, -0.2) is 4.79 Å². The second kappa shape index (κ2) is 5.73. The molecule has 0 radical (unpaired) electrons. The second-order valence-electron chi connectivity index (χ2n) is 4.14. The Balaban J connectivity index is 2.43. The lowest BCUT2D eigenvalue weighted by Crippen LogP contribution is -2.25. The molecule has 1 heterocycles. The molecule has 19 heavy (non-hydrogen) atoms. The number of anilines is 1. The smallest absolute Gasteiger partial charge is 0.337 e. The molecule has 0 saturated carbocycles. The van der Waals surface area contributed by atoms with Gasteiger partial charge in [-0.1, -0.05) is 11.6 Å². The molecule has 1 unspecified atom stereocenters. The first kappa shape index (κ1) is 14.7. The van der Waals surface area contributed by atoms with E-state index in [0.29, 0.717) is 33.7 Å². The molecule has 1 saturated heterocycles. The highest BCUT2D eigenvalue weighted by molar-refractivity contribution is 9.10. The number of halogens is 2. The maximum absolute atomic E-state index is 11.9. The van der Waals surface area contributed by atoms with E-state index in [0.717, 1.165) is 0 Å². The molecule has 0 bridgehead atoms. The number of carbonyl (C=O) groups is 2. The highest BCUT2D eigenvalue weighted by Gasteiger charge is 2.31. The summed E-state index contributed by atoms with van der Waals surface area (Å²) in [6.07, 6.45) is 0.380. The molecule has 0 aliphatic carbocycles. The van der Waals surface area contributed by atoms with Crippen molar-refractivity contribution >= 4 is 57.7 Å². The molecule has 1 atom stereocenters. The van der Waals surface area contributed by atoms with Gasteiger partial charge in [-0.15, -0.1) is 0 Å². The fourth-order valence-electron chi connectivity index (χ4n) is 1.96. The van der Waals surface area contributed by atoms with Gasteiger partial charge < -0.3 is 9.64 Å². The van der Waals surface area contributed by atoms with Crippen LogP contribution >= 0.6 is 40.2 Å². The van der Waals surface area contributed by atoms with Gasteiger partial charge in [-0.2, -0.15) is 12.6 Å². The molecule has 1 fully saturated rings. The Labute approximate surface area is 129 Å². The summed E-state index contributed by atoms with van der Waals surface area (Å²) in [5.74, 6) is -0.512. The van der Waals surface area contributed by atoms with E-state index in [2.05, 4.69) is 33.3 Å². The number of hydrogen-bond acceptors (Lipinski definition) is 4. The Hall–Kier alpha value is -0.720. The molecule has 0 spiro atoms. The monoisotopic (exact) mass is 363 g/mol. The van der Waals surface area contributed by atoms with Gasteiger partial charge in [0.2, 0.25) is 5.91 Å². The molecule has 1 aromatic carbocycles. The van der Waals surface area contributed by atoms with Crippen LogP contribution < -0.4 is 4.90 Å². The molecule has 0 aromatic heterocycles. The zero-order valence-electron chi connectivity index (χ0n) is 10.0. The predicted molar refractivity (Wildman–Crippen MR) is 80.2 cm³/mol. The third-order valence-electron chi connectivity index (χ3n) is 2.81. The van der Waals surface area contributed by atoms with Gasteiger partial charge in [0.15, 0.2) is 0 Å². The van der Waals surface area contributed by atoms with Gasteiger partial charge in [-0.05, 0) is 28.1 Å². The van der Waals surface area contributed by atoms with Crippen LogP contribution in [0, 0.1) is 0 Å². The largest absolute Gasteiger partial charge is 0.465 e. The highest BCUT2D eigenvalue weighted by Crippen LogP contribution is 2.38. The summed E-state index contributed by atoms with van der Waals surface area (Å²) in [7, 11) is 1.30. The van der Waals surface area contributed by atoms with E-state index >= 15 is 0 Å². The van der Waals surface area contributed by atoms with Gasteiger partial charge in [0.05, 0.1) is 23.4 Å². The van der Waals surface area contributed by atoms with Crippen LogP contribution in [-0.2, 0) is 9.53 Å². The van der Waals surface area contributed by atoms with Crippen molar-refractivity contribution in [1.82, 2.24) is 0 Å². The van der Waals surface area contributed by atoms with Gasteiger partial charge in [0, 0.05) is 22.7 Å². The lowest BCUT2D eigenvalue weighted by molar-refractivity contribution is -0.117. The van der Waals surface area contributed by atoms with E-state index in [1.54, 1.807) is 11.0 Å². The number of thiol groups is 1. The van der Waals surface area contributed by atoms with Crippen LogP contribution in [0.1, 0.15) is 16.8 Å². The van der Waals surface area contributed by atoms with Crippen LogP contribution in [0.4, 0.5) is 5.69 Å². The first-order chi connectivity index (χ1) is 8.93. The number of carbonyl (C=O) groups excluding carboxylic acids is 2. The topological polar surface area (TPSA) is 46.6 Å². The zero-order valence-corrected chi connectivity index (χ0v) is 13.3. The van der Waals surface area contributed by atoms with Crippen LogP contribution in [0.15, 0.2) is 16.6 Å². The van der Waals surface area contributed by atoms with Crippen molar-refractivity contribution < 1.29 is 14.3 Å². The van der Waals surface area contributed by atoms with Crippen molar-refractivity contribution in [1.29, 1.82) is 0 Å². The zero-order chi connectivity index (χ0) is 14.2. The van der Waals surface area contributed by atoms with Crippen LogP contribution in [0.3, 0.4) is 0 Å². The van der Waals surface area contributed by atoms with E-state index in [-0.39, 0.29) is 11.2 Å². The van der Waals surface area contributed by atoms with Crippen molar-refractivity contribution in [2.24, 2.45) is 0 Å². The van der Waals surface area contributed by atoms with Crippen LogP contribution in [-0.4, -0.2) is 30.8 Å². The van der Waals surface area contributed by atoms with Crippen molar-refractivity contribution in [2.45, 2.75) is 11.7 Å². The Kier molecular flexibility index (Phi) is 4.43. The van der Waals surface area contributed by atoms with E-state index in [1.165, 1.54) is 13.2 Å². The first-order valence-electron chi connectivity index (χ1n) is 5.49. The minimum atomic E-state index is -0.478. The lowest BCUT2D eigenvalue weighted by atomic mass is 10.2. The number of benzene rings is 1. The molecule has 4 nitrogen and oxygen atoms in total. The summed E-state index contributed by atoms with van der Waals surface area (Å²) in [5.41, 5.74) is 0.896. The second-order valence-corrected chi connectivity index (χ2v) is 6.13. The molecular weight excluding hydrogens is 354 g/mol. The SMILES string of the molecule is COC(=O)c1cc(Cl)c(N2CC(S)CC2=O)c(Br)c1. The summed E-state index contributed by atoms with van der Waals surface area (Å²) < 4.78 is 5.22. The molecule has 0 N–H and O–H groups in total. The Bertz CT molecular complexity index is 529. The molecule has 1 aromatic rings. The van der Waals surface area contributed by atoms with Crippen molar-refractivity contribution in [3.8, 4) is 0 Å². The average molecular weight is 365 g/mol. The lowest BCUT2D eigenvalue weighted by Gasteiger charge is -2.20. The maximum atomic E-state index is 11.9. The minimum absolute atomic E-state index is 0.00393. The number of rotatable bonds is 2. The van der Waals surface area contributed by atoms with E-state index < -0.39 is 5.97 Å². The van der Waals surface area contributed by atoms with Crippen LogP contribution in [0.5, 0.6) is 0 Å². The van der Waals surface area contributed by atoms with Gasteiger partial charge in [0.25, 0.3) is 0 Å². The normalized spacial score (nSPS) is 18.8. The Morgan fingerprint density at radius 3 is 2.74 bits per heavy atom. The molecule has 7 heteroatoms. The highest BCUT2D eigenvalue weighted by atomic mass is 79.9. The molecular formula is C12H11BrClNO3S. The van der Waals surface area contributed by atoms with Crippen LogP contribution in [0.2, 0.25) is 5.02 Å². The minimum Gasteiger partial charge on any atom is -0.465 e. The van der Waals surface area contributed by atoms with E-state index in [4.69, 9.17) is 11.6 Å². The van der Waals surface area contributed by atoms with Gasteiger partial charge in [0.1, 0.15) is 0 Å². The molecule has 1 amide bonds. The first-order valence-corrected chi connectivity index (χ1v) is 7.18. The van der Waals surface area contributed by atoms with Crippen molar-refractivity contribution in [2.75, 3.05) is 18.6 Å². The molecule has 2 rings (SSSR count). The summed E-state index contributed by atoms with van der Waals surface area (Å²) in [6.45, 7) is 0.498. The average Bonchev–Trinajstić information content (AvgIpc) is 2.66. The Morgan fingerprint density at radius 1 is 1.58 bits per heavy atom. The Morgan fingerprint density at radius 2 is 2.26 bits per heavy atom. The number of ether oxygens (including phenoxy) is 1.